The predicted octanol–water partition coefficient (Wildman–Crippen LogP) is 7.51. The van der Waals surface area contributed by atoms with Crippen LogP contribution >= 0.6 is 0 Å². The minimum atomic E-state index is -4.00. The standard InChI is InChI=1S/C21H28N2O2.C8H9N.C2H3F3.CH4O.CH2O/c1-15-10-11-17(19(15)22(5)20(24)25-21(2,3)4)14-23-13-12-16-8-6-7-9-18(16)23;1-2-4-8-7(3-1)5-6-9-8;1-2(3,4)5;2*1-2/h6-9,14H,10-13H2,1-5H3;1-4,9H,5-6H2;1H3;2H,1H3;1H2/b17-14+;;;;. The molecule has 238 valence electrons. The van der Waals surface area contributed by atoms with E-state index < -0.39 is 11.8 Å². The monoisotopic (exact) mass is 605 g/mol. The van der Waals surface area contributed by atoms with Gasteiger partial charge in [0, 0.05) is 51.7 Å². The van der Waals surface area contributed by atoms with Gasteiger partial charge in [0.05, 0.1) is 5.70 Å². The smallest absolute Gasteiger partial charge is 0.414 e. The lowest BCUT2D eigenvalue weighted by Gasteiger charge is -2.27. The third-order valence-electron chi connectivity index (χ3n) is 6.44. The number of nitrogens with zero attached hydrogens (tertiary/aromatic N) is 2. The molecule has 0 unspecified atom stereocenters. The molecule has 0 radical (unpaired) electrons. The molecule has 2 heterocycles. The Labute approximate surface area is 254 Å². The van der Waals surface area contributed by atoms with Crippen LogP contribution in [0.5, 0.6) is 0 Å². The molecule has 0 fully saturated rings. The molecule has 0 spiro atoms. The van der Waals surface area contributed by atoms with E-state index >= 15 is 0 Å². The Hall–Kier alpha value is -3.79. The van der Waals surface area contributed by atoms with Crippen LogP contribution in [0.1, 0.15) is 58.6 Å². The number of para-hydroxylation sites is 2. The van der Waals surface area contributed by atoms with Crippen molar-refractivity contribution in [3.05, 3.63) is 82.7 Å². The van der Waals surface area contributed by atoms with Crippen LogP contribution in [0.15, 0.2) is 71.6 Å². The molecular weight excluding hydrogens is 559 g/mol. The number of ether oxygens (including phenoxy) is 1. The number of alkyl halides is 3. The van der Waals surface area contributed by atoms with E-state index in [0.29, 0.717) is 0 Å². The van der Waals surface area contributed by atoms with Crippen LogP contribution in [0.25, 0.3) is 0 Å². The van der Waals surface area contributed by atoms with E-state index in [9.17, 15) is 18.0 Å². The van der Waals surface area contributed by atoms with Crippen molar-refractivity contribution < 1.29 is 32.6 Å². The summed E-state index contributed by atoms with van der Waals surface area (Å²) in [5.74, 6) is 0. The first-order chi connectivity index (χ1) is 20.2. The van der Waals surface area contributed by atoms with Gasteiger partial charge in [0.15, 0.2) is 0 Å². The maximum absolute atomic E-state index is 12.5. The van der Waals surface area contributed by atoms with E-state index in [4.69, 9.17) is 14.6 Å². The second kappa shape index (κ2) is 17.4. The van der Waals surface area contributed by atoms with Crippen molar-refractivity contribution in [1.82, 2.24) is 4.90 Å². The van der Waals surface area contributed by atoms with Gasteiger partial charge < -0.3 is 24.9 Å². The van der Waals surface area contributed by atoms with Gasteiger partial charge in [0.25, 0.3) is 0 Å². The number of rotatable bonds is 2. The molecule has 2 aliphatic heterocycles. The van der Waals surface area contributed by atoms with Crippen molar-refractivity contribution in [2.45, 2.75) is 72.1 Å². The molecule has 0 saturated heterocycles. The Balaban J connectivity index is 0.000000419. The first-order valence-corrected chi connectivity index (χ1v) is 14.1. The fourth-order valence-corrected chi connectivity index (χ4v) is 4.81. The molecule has 2 aromatic rings. The number of aliphatic hydroxyl groups excluding tert-OH is 1. The van der Waals surface area contributed by atoms with Crippen LogP contribution < -0.4 is 10.2 Å². The zero-order chi connectivity index (χ0) is 32.8. The summed E-state index contributed by atoms with van der Waals surface area (Å²) in [5.41, 5.74) is 8.41. The first-order valence-electron chi connectivity index (χ1n) is 14.1. The Kier molecular flexibility index (Phi) is 15.0. The van der Waals surface area contributed by atoms with E-state index in [1.165, 1.54) is 40.1 Å². The predicted molar refractivity (Wildman–Crippen MR) is 167 cm³/mol. The molecule has 2 N–H and O–H groups in total. The van der Waals surface area contributed by atoms with E-state index in [1.807, 2.05) is 34.6 Å². The number of likely N-dealkylation sites (N-methyl/N-ethyl adjacent to an activating group) is 1. The van der Waals surface area contributed by atoms with Crippen LogP contribution in [0.2, 0.25) is 0 Å². The van der Waals surface area contributed by atoms with Gasteiger partial charge >= 0.3 is 12.3 Å². The molecule has 2 aromatic carbocycles. The van der Waals surface area contributed by atoms with Gasteiger partial charge in [-0.25, -0.2) is 4.79 Å². The summed E-state index contributed by atoms with van der Waals surface area (Å²) in [4.78, 5) is 24.5. The number of anilines is 2. The number of benzene rings is 2. The summed E-state index contributed by atoms with van der Waals surface area (Å²) in [7, 11) is 2.81. The Morgan fingerprint density at radius 3 is 2.09 bits per heavy atom. The van der Waals surface area contributed by atoms with Crippen molar-refractivity contribution in [3.8, 4) is 0 Å². The second-order valence-corrected chi connectivity index (χ2v) is 11.0. The number of nitrogens with one attached hydrogen (secondary N) is 1. The summed E-state index contributed by atoms with van der Waals surface area (Å²) in [5, 5.41) is 10.3. The molecule has 0 atom stereocenters. The number of carbonyl (C=O) groups excluding carboxylic acids is 2. The molecule has 5 rings (SSSR count). The van der Waals surface area contributed by atoms with E-state index in [1.54, 1.807) is 4.90 Å². The van der Waals surface area contributed by atoms with Crippen molar-refractivity contribution >= 4 is 24.3 Å². The number of amides is 1. The van der Waals surface area contributed by atoms with Gasteiger partial charge in [-0.05, 0) is 87.8 Å². The Morgan fingerprint density at radius 1 is 0.953 bits per heavy atom. The van der Waals surface area contributed by atoms with Crippen LogP contribution in [0.4, 0.5) is 29.3 Å². The van der Waals surface area contributed by atoms with Crippen molar-refractivity contribution in [1.29, 1.82) is 0 Å². The highest BCUT2D eigenvalue weighted by atomic mass is 19.4. The minimum Gasteiger partial charge on any atom is -0.443 e. The molecule has 1 amide bonds. The zero-order valence-corrected chi connectivity index (χ0v) is 26.3. The molecule has 43 heavy (non-hydrogen) atoms. The number of carbonyl (C=O) groups is 2. The number of halogens is 3. The van der Waals surface area contributed by atoms with Gasteiger partial charge in [-0.2, -0.15) is 13.2 Å². The number of fused-ring (bicyclic) bond motifs is 2. The average molecular weight is 606 g/mol. The maximum atomic E-state index is 12.5. The number of hydrogen-bond acceptors (Lipinski definition) is 6. The summed E-state index contributed by atoms with van der Waals surface area (Å²) in [6, 6.07) is 17.0. The quantitative estimate of drug-likeness (QED) is 0.369. The molecule has 1 aliphatic carbocycles. The van der Waals surface area contributed by atoms with Crippen molar-refractivity contribution in [2.24, 2.45) is 0 Å². The van der Waals surface area contributed by atoms with Crippen LogP contribution in [0, 0.1) is 0 Å². The zero-order valence-electron chi connectivity index (χ0n) is 26.3. The van der Waals surface area contributed by atoms with Crippen LogP contribution in [-0.4, -0.2) is 61.9 Å². The normalized spacial score (nSPS) is 15.6. The van der Waals surface area contributed by atoms with Gasteiger partial charge in [-0.3, -0.25) is 4.90 Å². The highest BCUT2D eigenvalue weighted by molar-refractivity contribution is 5.72. The lowest BCUT2D eigenvalue weighted by Crippen LogP contribution is -2.34. The maximum Gasteiger partial charge on any atom is 0.414 e. The van der Waals surface area contributed by atoms with Crippen LogP contribution in [0.3, 0.4) is 0 Å². The summed E-state index contributed by atoms with van der Waals surface area (Å²) in [6.07, 6.45) is 2.14. The van der Waals surface area contributed by atoms with Crippen molar-refractivity contribution in [2.75, 3.05) is 37.5 Å². The largest absolute Gasteiger partial charge is 0.443 e. The third kappa shape index (κ3) is 12.5. The molecule has 0 saturated carbocycles. The lowest BCUT2D eigenvalue weighted by atomic mass is 10.1. The summed E-state index contributed by atoms with van der Waals surface area (Å²) >= 11 is 0. The molecule has 0 aromatic heterocycles. The molecule has 7 nitrogen and oxygen atoms in total. The highest BCUT2D eigenvalue weighted by Crippen LogP contribution is 2.36. The minimum absolute atomic E-state index is 0.188. The summed E-state index contributed by atoms with van der Waals surface area (Å²) in [6.45, 7) is 12.1. The van der Waals surface area contributed by atoms with Gasteiger partial charge in [0.1, 0.15) is 12.4 Å². The van der Waals surface area contributed by atoms with Crippen LogP contribution in [-0.2, 0) is 22.4 Å². The number of allylic oxidation sites excluding steroid dienone is 2. The van der Waals surface area contributed by atoms with Crippen molar-refractivity contribution in [3.63, 3.8) is 0 Å². The molecular formula is C33H46F3N3O4. The lowest BCUT2D eigenvalue weighted by molar-refractivity contribution is -0.110. The summed E-state index contributed by atoms with van der Waals surface area (Å²) < 4.78 is 36.6. The fraction of sp³-hybridized carbons (Fsp3) is 0.455. The van der Waals surface area contributed by atoms with E-state index in [-0.39, 0.29) is 13.0 Å². The first kappa shape index (κ1) is 37.2. The number of hydrogen-bond donors (Lipinski definition) is 2. The van der Waals surface area contributed by atoms with Gasteiger partial charge in [-0.15, -0.1) is 0 Å². The van der Waals surface area contributed by atoms with Gasteiger partial charge in [-0.1, -0.05) is 36.4 Å². The van der Waals surface area contributed by atoms with E-state index in [2.05, 4.69) is 71.9 Å². The highest BCUT2D eigenvalue weighted by Gasteiger charge is 2.29. The second-order valence-electron chi connectivity index (χ2n) is 11.0. The topological polar surface area (TPSA) is 82.1 Å². The average Bonchev–Trinajstić information content (AvgIpc) is 3.68. The number of aliphatic hydroxyl groups is 1. The third-order valence-corrected chi connectivity index (χ3v) is 6.44. The molecule has 10 heteroatoms. The molecule has 3 aliphatic rings. The Morgan fingerprint density at radius 2 is 1.51 bits per heavy atom. The fourth-order valence-electron chi connectivity index (χ4n) is 4.81. The Bertz CT molecular complexity index is 1210. The SMILES string of the molecule is C=O.CC(F)(F)F.CC1=C(N(C)C(=O)OC(C)(C)C)/C(=C/N2CCc3ccccc32)CC1.CO.c1ccc2c(c1)CCN2. The molecule has 0 bridgehead atoms. The van der Waals surface area contributed by atoms with E-state index in [0.717, 1.165) is 45.2 Å². The van der Waals surface area contributed by atoms with Gasteiger partial charge in [0.2, 0.25) is 0 Å².